The minimum Gasteiger partial charge on any atom is -0.462 e. The Hall–Kier alpha value is -1.52. The number of aliphatic hydroxyl groups is 6. The van der Waals surface area contributed by atoms with Crippen LogP contribution in [0, 0.1) is 11.8 Å². The Morgan fingerprint density at radius 3 is 2.58 bits per heavy atom. The normalized spacial score (nSPS) is 41.2. The van der Waals surface area contributed by atoms with Crippen LogP contribution in [-0.4, -0.2) is 79.2 Å². The van der Waals surface area contributed by atoms with Crippen molar-refractivity contribution in [1.29, 1.82) is 0 Å². The van der Waals surface area contributed by atoms with Crippen molar-refractivity contribution in [2.45, 2.75) is 86.9 Å². The Bertz CT molecular complexity index is 811. The van der Waals surface area contributed by atoms with Gasteiger partial charge < -0.3 is 40.1 Å². The van der Waals surface area contributed by atoms with Crippen LogP contribution in [0.3, 0.4) is 0 Å². The van der Waals surface area contributed by atoms with Crippen molar-refractivity contribution in [3.05, 3.63) is 42.5 Å². The highest BCUT2D eigenvalue weighted by atomic mass is 16.7. The number of hydrogen-bond donors (Lipinski definition) is 6. The van der Waals surface area contributed by atoms with E-state index in [0.717, 1.165) is 5.56 Å². The molecule has 1 aromatic carbocycles. The molecule has 1 heterocycles. The SMILES string of the molecule is C=CCc1ccc(O[C@H]2O[C@H]([C@@H](O)CCCO)[C@]3(O)C[C@@H]4CC[C@H](O)C[C@@H]4[C@@]2(O)[C@H]3O)cc1. The molecule has 33 heavy (non-hydrogen) atoms. The first kappa shape index (κ1) is 24.6. The van der Waals surface area contributed by atoms with E-state index in [0.29, 0.717) is 31.4 Å². The minimum atomic E-state index is -1.98. The number of aliphatic hydroxyl groups excluding tert-OH is 4. The van der Waals surface area contributed by atoms with E-state index in [1.807, 2.05) is 12.1 Å². The topological polar surface area (TPSA) is 140 Å². The Morgan fingerprint density at radius 2 is 1.91 bits per heavy atom. The van der Waals surface area contributed by atoms with E-state index in [4.69, 9.17) is 9.47 Å². The highest BCUT2D eigenvalue weighted by Gasteiger charge is 2.72. The maximum absolute atomic E-state index is 11.9. The van der Waals surface area contributed by atoms with E-state index in [2.05, 4.69) is 6.58 Å². The molecule has 6 N–H and O–H groups in total. The summed E-state index contributed by atoms with van der Waals surface area (Å²) in [7, 11) is 0. The number of fused-ring (bicyclic) bond motifs is 4. The van der Waals surface area contributed by atoms with Crippen molar-refractivity contribution in [3.8, 4) is 5.75 Å². The molecule has 1 aliphatic heterocycles. The molecule has 8 heteroatoms. The molecule has 0 amide bonds. The Morgan fingerprint density at radius 1 is 1.18 bits per heavy atom. The maximum atomic E-state index is 11.9. The third-order valence-electron chi connectivity index (χ3n) is 7.75. The van der Waals surface area contributed by atoms with Gasteiger partial charge in [0.1, 0.15) is 23.6 Å². The van der Waals surface area contributed by atoms with Crippen LogP contribution in [0.15, 0.2) is 36.9 Å². The third-order valence-corrected chi connectivity index (χ3v) is 7.75. The van der Waals surface area contributed by atoms with Gasteiger partial charge in [-0.3, -0.25) is 0 Å². The van der Waals surface area contributed by atoms with Gasteiger partial charge in [0.05, 0.1) is 12.2 Å². The third kappa shape index (κ3) is 4.34. The molecular formula is C25H36O8. The maximum Gasteiger partial charge on any atom is 0.232 e. The van der Waals surface area contributed by atoms with Crippen LogP contribution in [0.4, 0.5) is 0 Å². The van der Waals surface area contributed by atoms with E-state index in [-0.39, 0.29) is 31.8 Å². The summed E-state index contributed by atoms with van der Waals surface area (Å²) in [5, 5.41) is 65.0. The minimum absolute atomic E-state index is 0.131. The quantitative estimate of drug-likeness (QED) is 0.308. The fraction of sp³-hybridized carbons (Fsp3) is 0.680. The molecule has 1 aromatic rings. The van der Waals surface area contributed by atoms with Gasteiger partial charge in [-0.1, -0.05) is 18.2 Å². The zero-order valence-electron chi connectivity index (χ0n) is 18.8. The molecule has 9 atom stereocenters. The van der Waals surface area contributed by atoms with Crippen molar-refractivity contribution in [2.24, 2.45) is 11.8 Å². The summed E-state index contributed by atoms with van der Waals surface area (Å²) < 4.78 is 12.1. The van der Waals surface area contributed by atoms with E-state index in [1.165, 1.54) is 0 Å². The van der Waals surface area contributed by atoms with Gasteiger partial charge in [0.2, 0.25) is 6.29 Å². The van der Waals surface area contributed by atoms with Crippen molar-refractivity contribution in [1.82, 2.24) is 0 Å². The molecule has 2 aliphatic carbocycles. The molecular weight excluding hydrogens is 428 g/mol. The van der Waals surface area contributed by atoms with Gasteiger partial charge >= 0.3 is 0 Å². The fourth-order valence-corrected chi connectivity index (χ4v) is 6.08. The van der Waals surface area contributed by atoms with Crippen molar-refractivity contribution < 1.29 is 40.1 Å². The lowest BCUT2D eigenvalue weighted by molar-refractivity contribution is -0.397. The largest absolute Gasteiger partial charge is 0.462 e. The molecule has 0 radical (unpaired) electrons. The highest BCUT2D eigenvalue weighted by molar-refractivity contribution is 5.29. The van der Waals surface area contributed by atoms with Crippen LogP contribution in [0.5, 0.6) is 5.75 Å². The summed E-state index contributed by atoms with van der Waals surface area (Å²) in [6.07, 6.45) is -1.59. The Labute approximate surface area is 194 Å². The second kappa shape index (κ2) is 9.62. The standard InChI is InChI=1S/C25H36O8/c1-2-4-15-6-10-18(11-7-15)32-23-25(31)19-13-17(27)9-8-16(19)14-24(30,22(25)29)21(33-23)20(28)5-3-12-26/h2,6-7,10-11,16-17,19-23,26-31H,1,3-5,8-9,12-14H2/t16-,17-,19-,20-,21+,22-,23-,24+,25+/m0/s1. The molecule has 0 aromatic heterocycles. The first-order valence-electron chi connectivity index (χ1n) is 11.9. The Kier molecular flexibility index (Phi) is 7.17. The van der Waals surface area contributed by atoms with Crippen LogP contribution in [0.2, 0.25) is 0 Å². The zero-order chi connectivity index (χ0) is 23.8. The first-order chi connectivity index (χ1) is 15.7. The lowest BCUT2D eigenvalue weighted by atomic mass is 9.53. The van der Waals surface area contributed by atoms with Crippen LogP contribution in [0.1, 0.15) is 44.1 Å². The van der Waals surface area contributed by atoms with Crippen LogP contribution in [-0.2, 0) is 11.2 Å². The van der Waals surface area contributed by atoms with Crippen LogP contribution in [0.25, 0.3) is 0 Å². The van der Waals surface area contributed by atoms with Crippen molar-refractivity contribution in [2.75, 3.05) is 6.61 Å². The number of allylic oxidation sites excluding steroid dienone is 1. The summed E-state index contributed by atoms with van der Waals surface area (Å²) in [5.74, 6) is -0.317. The summed E-state index contributed by atoms with van der Waals surface area (Å²) in [4.78, 5) is 0. The smallest absolute Gasteiger partial charge is 0.232 e. The second-order valence-electron chi connectivity index (χ2n) is 9.90. The van der Waals surface area contributed by atoms with E-state index in [1.54, 1.807) is 18.2 Å². The van der Waals surface area contributed by atoms with Gasteiger partial charge in [0, 0.05) is 12.5 Å². The van der Waals surface area contributed by atoms with Gasteiger partial charge in [0.25, 0.3) is 0 Å². The van der Waals surface area contributed by atoms with Gasteiger partial charge in [-0.15, -0.1) is 6.58 Å². The molecule has 0 spiro atoms. The molecule has 8 nitrogen and oxygen atoms in total. The summed E-state index contributed by atoms with van der Waals surface area (Å²) in [5.41, 5.74) is -2.84. The van der Waals surface area contributed by atoms with Crippen molar-refractivity contribution in [3.63, 3.8) is 0 Å². The number of rotatable bonds is 8. The van der Waals surface area contributed by atoms with Crippen molar-refractivity contribution >= 4 is 0 Å². The molecule has 2 saturated carbocycles. The number of ether oxygens (including phenoxy) is 2. The molecule has 184 valence electrons. The van der Waals surface area contributed by atoms with E-state index < -0.39 is 47.8 Å². The van der Waals surface area contributed by atoms with Gasteiger partial charge in [0.15, 0.2) is 5.60 Å². The molecule has 0 unspecified atom stereocenters. The predicted octanol–water partition coefficient (Wildman–Crippen LogP) is 0.656. The van der Waals surface area contributed by atoms with Crippen LogP contribution < -0.4 is 4.74 Å². The average molecular weight is 465 g/mol. The second-order valence-corrected chi connectivity index (χ2v) is 9.90. The zero-order valence-corrected chi connectivity index (χ0v) is 18.8. The summed E-state index contributed by atoms with van der Waals surface area (Å²) in [6.45, 7) is 3.59. The number of hydrogen-bond acceptors (Lipinski definition) is 8. The average Bonchev–Trinajstić information content (AvgIpc) is 2.80. The monoisotopic (exact) mass is 464 g/mol. The van der Waals surface area contributed by atoms with E-state index in [9.17, 15) is 30.6 Å². The Balaban J connectivity index is 1.69. The first-order valence-corrected chi connectivity index (χ1v) is 11.9. The van der Waals surface area contributed by atoms with E-state index >= 15 is 0 Å². The predicted molar refractivity (Wildman–Crippen MR) is 119 cm³/mol. The van der Waals surface area contributed by atoms with Gasteiger partial charge in [-0.2, -0.15) is 0 Å². The molecule has 3 aliphatic rings. The lowest BCUT2D eigenvalue weighted by Gasteiger charge is -2.63. The van der Waals surface area contributed by atoms with Crippen LogP contribution >= 0.6 is 0 Å². The summed E-state index contributed by atoms with van der Waals surface area (Å²) in [6, 6.07) is 7.18. The molecule has 1 saturated heterocycles. The number of benzene rings is 1. The molecule has 3 fully saturated rings. The lowest BCUT2D eigenvalue weighted by Crippen LogP contribution is -2.81. The molecule has 4 rings (SSSR count). The van der Waals surface area contributed by atoms with Gasteiger partial charge in [-0.25, -0.2) is 0 Å². The summed E-state index contributed by atoms with van der Waals surface area (Å²) >= 11 is 0. The van der Waals surface area contributed by atoms with Gasteiger partial charge in [-0.05, 0) is 68.6 Å². The molecule has 2 bridgehead atoms. The highest BCUT2D eigenvalue weighted by Crippen LogP contribution is 2.56. The fourth-order valence-electron chi connectivity index (χ4n) is 6.08.